The molecule has 8 heteroatoms. The van der Waals surface area contributed by atoms with E-state index in [0.717, 1.165) is 30.6 Å². The summed E-state index contributed by atoms with van der Waals surface area (Å²) < 4.78 is 13.0. The summed E-state index contributed by atoms with van der Waals surface area (Å²) in [6.45, 7) is 7.33. The van der Waals surface area contributed by atoms with Crippen LogP contribution in [0.2, 0.25) is 0 Å². The lowest BCUT2D eigenvalue weighted by Gasteiger charge is -2.37. The van der Waals surface area contributed by atoms with E-state index < -0.39 is 17.7 Å². The third-order valence-corrected chi connectivity index (χ3v) is 5.48. The Hall–Kier alpha value is -2.87. The van der Waals surface area contributed by atoms with Gasteiger partial charge in [0.25, 0.3) is 5.91 Å². The van der Waals surface area contributed by atoms with Crippen molar-refractivity contribution < 1.29 is 19.1 Å². The number of carbonyl (C=O) groups excluding carboxylic acids is 2. The van der Waals surface area contributed by atoms with Gasteiger partial charge in [0, 0.05) is 19.3 Å². The largest absolute Gasteiger partial charge is 0.444 e. The molecule has 8 nitrogen and oxygen atoms in total. The summed E-state index contributed by atoms with van der Waals surface area (Å²) in [6.07, 6.45) is 5.86. The zero-order valence-electron chi connectivity index (χ0n) is 18.3. The van der Waals surface area contributed by atoms with E-state index in [1.165, 1.54) is 4.90 Å². The molecule has 2 aromatic rings. The highest BCUT2D eigenvalue weighted by molar-refractivity contribution is 5.97. The lowest BCUT2D eigenvalue weighted by molar-refractivity contribution is -0.121. The fourth-order valence-electron chi connectivity index (χ4n) is 4.10. The number of rotatable bonds is 4. The first-order valence-corrected chi connectivity index (χ1v) is 10.8. The molecule has 1 aromatic carbocycles. The van der Waals surface area contributed by atoms with Crippen LogP contribution in [-0.2, 0) is 27.2 Å². The number of carbonyl (C=O) groups is 2. The zero-order chi connectivity index (χ0) is 22.0. The number of amides is 2. The minimum absolute atomic E-state index is 0.163. The van der Waals surface area contributed by atoms with Crippen molar-refractivity contribution in [1.82, 2.24) is 14.7 Å². The third-order valence-electron chi connectivity index (χ3n) is 5.48. The molecule has 0 unspecified atom stereocenters. The van der Waals surface area contributed by atoms with Crippen molar-refractivity contribution in [1.29, 1.82) is 0 Å². The monoisotopic (exact) mass is 426 g/mol. The summed E-state index contributed by atoms with van der Waals surface area (Å²) in [6, 6.07) is 6.98. The summed E-state index contributed by atoms with van der Waals surface area (Å²) >= 11 is 0. The Morgan fingerprint density at radius 1 is 1.29 bits per heavy atom. The van der Waals surface area contributed by atoms with Gasteiger partial charge in [-0.25, -0.2) is 4.79 Å². The van der Waals surface area contributed by atoms with E-state index in [1.807, 2.05) is 45.0 Å². The fraction of sp³-hybridized carbons (Fsp3) is 0.522. The van der Waals surface area contributed by atoms with Crippen LogP contribution in [-0.4, -0.2) is 51.5 Å². The molecular weight excluding hydrogens is 396 g/mol. The molecule has 2 aliphatic heterocycles. The molecule has 1 N–H and O–H groups in total. The molecule has 2 atom stereocenters. The van der Waals surface area contributed by atoms with Crippen LogP contribution in [0.15, 0.2) is 36.7 Å². The summed E-state index contributed by atoms with van der Waals surface area (Å²) in [5, 5.41) is 7.27. The molecule has 1 fully saturated rings. The van der Waals surface area contributed by atoms with Crippen molar-refractivity contribution in [3.05, 3.63) is 47.8 Å². The van der Waals surface area contributed by atoms with Crippen LogP contribution in [0, 0.1) is 0 Å². The number of hydrogen-bond acceptors (Lipinski definition) is 5. The molecule has 1 saturated heterocycles. The Kier molecular flexibility index (Phi) is 6.00. The van der Waals surface area contributed by atoms with Crippen LogP contribution in [0.25, 0.3) is 0 Å². The normalized spacial score (nSPS) is 20.9. The zero-order valence-corrected chi connectivity index (χ0v) is 18.3. The molecule has 1 aromatic heterocycles. The number of fused-ring (bicyclic) bond motifs is 1. The Labute approximate surface area is 182 Å². The van der Waals surface area contributed by atoms with Gasteiger partial charge in [-0.15, -0.1) is 0 Å². The molecule has 166 valence electrons. The van der Waals surface area contributed by atoms with Gasteiger partial charge >= 0.3 is 6.09 Å². The number of aromatic nitrogens is 2. The molecule has 2 aliphatic rings. The number of anilines is 1. The number of ether oxygens (including phenoxy) is 2. The average molecular weight is 427 g/mol. The maximum Gasteiger partial charge on any atom is 0.411 e. The second-order valence-corrected chi connectivity index (χ2v) is 9.10. The SMILES string of the molecule is CC(C)(C)OC(=O)N1CCc2ccccc2[C@H]1C(=O)Nc1cnn(C[C@H]2CCCO2)c1. The van der Waals surface area contributed by atoms with Crippen molar-refractivity contribution >= 4 is 17.7 Å². The highest BCUT2D eigenvalue weighted by Gasteiger charge is 2.38. The highest BCUT2D eigenvalue weighted by atomic mass is 16.6. The van der Waals surface area contributed by atoms with E-state index in [-0.39, 0.29) is 12.0 Å². The molecule has 0 bridgehead atoms. The van der Waals surface area contributed by atoms with Crippen molar-refractivity contribution in [2.24, 2.45) is 0 Å². The van der Waals surface area contributed by atoms with Crippen molar-refractivity contribution in [2.45, 2.75) is 64.3 Å². The van der Waals surface area contributed by atoms with E-state index >= 15 is 0 Å². The van der Waals surface area contributed by atoms with E-state index in [1.54, 1.807) is 17.1 Å². The van der Waals surface area contributed by atoms with Crippen LogP contribution in [0.1, 0.15) is 50.8 Å². The van der Waals surface area contributed by atoms with Crippen LogP contribution in [0.4, 0.5) is 10.5 Å². The average Bonchev–Trinajstić information content (AvgIpc) is 3.38. The van der Waals surface area contributed by atoms with Gasteiger partial charge < -0.3 is 14.8 Å². The standard InChI is InChI=1S/C23H30N4O4/c1-23(2,3)31-22(29)27-11-10-16-7-4-5-9-19(16)20(27)21(28)25-17-13-24-26(14-17)15-18-8-6-12-30-18/h4-5,7,9,13-14,18,20H,6,8,10-12,15H2,1-3H3,(H,25,28)/t18-,20+/m1/s1. The lowest BCUT2D eigenvalue weighted by atomic mass is 9.92. The first-order chi connectivity index (χ1) is 14.8. The minimum atomic E-state index is -0.763. The molecule has 0 aliphatic carbocycles. The Morgan fingerprint density at radius 2 is 2.10 bits per heavy atom. The minimum Gasteiger partial charge on any atom is -0.444 e. The van der Waals surface area contributed by atoms with E-state index in [2.05, 4.69) is 10.4 Å². The van der Waals surface area contributed by atoms with Gasteiger partial charge in [-0.2, -0.15) is 5.10 Å². The van der Waals surface area contributed by atoms with Gasteiger partial charge in [0.05, 0.1) is 24.5 Å². The second kappa shape index (κ2) is 8.70. The van der Waals surface area contributed by atoms with Crippen molar-refractivity contribution in [2.75, 3.05) is 18.5 Å². The maximum absolute atomic E-state index is 13.3. The smallest absolute Gasteiger partial charge is 0.411 e. The topological polar surface area (TPSA) is 85.7 Å². The van der Waals surface area contributed by atoms with Gasteiger partial charge in [0.15, 0.2) is 0 Å². The van der Waals surface area contributed by atoms with Crippen molar-refractivity contribution in [3.63, 3.8) is 0 Å². The number of nitrogens with one attached hydrogen (secondary N) is 1. The molecule has 0 radical (unpaired) electrons. The van der Waals surface area contributed by atoms with Crippen LogP contribution < -0.4 is 5.32 Å². The van der Waals surface area contributed by atoms with Crippen LogP contribution in [0.3, 0.4) is 0 Å². The van der Waals surface area contributed by atoms with Gasteiger partial charge in [0.1, 0.15) is 11.6 Å². The molecule has 4 rings (SSSR count). The second-order valence-electron chi connectivity index (χ2n) is 9.10. The molecule has 0 spiro atoms. The molecular formula is C23H30N4O4. The summed E-state index contributed by atoms with van der Waals surface area (Å²) in [5.74, 6) is -0.283. The summed E-state index contributed by atoms with van der Waals surface area (Å²) in [7, 11) is 0. The lowest BCUT2D eigenvalue weighted by Crippen LogP contribution is -2.47. The van der Waals surface area contributed by atoms with E-state index in [4.69, 9.17) is 9.47 Å². The Morgan fingerprint density at radius 3 is 2.84 bits per heavy atom. The molecule has 0 saturated carbocycles. The summed E-state index contributed by atoms with van der Waals surface area (Å²) in [4.78, 5) is 27.7. The molecule has 31 heavy (non-hydrogen) atoms. The highest BCUT2D eigenvalue weighted by Crippen LogP contribution is 2.32. The van der Waals surface area contributed by atoms with Gasteiger partial charge in [0.2, 0.25) is 0 Å². The third kappa shape index (κ3) is 5.07. The predicted molar refractivity (Wildman–Crippen MR) is 116 cm³/mol. The predicted octanol–water partition coefficient (Wildman–Crippen LogP) is 3.54. The molecule has 2 amide bonds. The fourth-order valence-corrected chi connectivity index (χ4v) is 4.10. The van der Waals surface area contributed by atoms with Crippen LogP contribution >= 0.6 is 0 Å². The van der Waals surface area contributed by atoms with E-state index in [0.29, 0.717) is 25.2 Å². The maximum atomic E-state index is 13.3. The van der Waals surface area contributed by atoms with E-state index in [9.17, 15) is 9.59 Å². The first kappa shape index (κ1) is 21.4. The van der Waals surface area contributed by atoms with Crippen molar-refractivity contribution in [3.8, 4) is 0 Å². The number of benzene rings is 1. The Balaban J connectivity index is 1.53. The Bertz CT molecular complexity index is 943. The summed E-state index contributed by atoms with van der Waals surface area (Å²) in [5.41, 5.74) is 1.84. The number of nitrogens with zero attached hydrogens (tertiary/aromatic N) is 3. The van der Waals surface area contributed by atoms with Gasteiger partial charge in [-0.1, -0.05) is 24.3 Å². The van der Waals surface area contributed by atoms with Gasteiger partial charge in [-0.3, -0.25) is 14.4 Å². The number of hydrogen-bond donors (Lipinski definition) is 1. The molecule has 3 heterocycles. The van der Waals surface area contributed by atoms with Crippen LogP contribution in [0.5, 0.6) is 0 Å². The first-order valence-electron chi connectivity index (χ1n) is 10.8. The quantitative estimate of drug-likeness (QED) is 0.808. The van der Waals surface area contributed by atoms with Gasteiger partial charge in [-0.05, 0) is 51.2 Å².